The number of ether oxygens (including phenoxy) is 2. The number of urea groups is 1. The van der Waals surface area contributed by atoms with Gasteiger partial charge in [-0.05, 0) is 27.7 Å². The summed E-state index contributed by atoms with van der Waals surface area (Å²) < 4.78 is 11.1. The second-order valence-corrected chi connectivity index (χ2v) is 6.73. The molecule has 0 aliphatic carbocycles. The zero-order valence-corrected chi connectivity index (χ0v) is 13.7. The molecule has 0 aromatic heterocycles. The second kappa shape index (κ2) is 6.94. The Morgan fingerprint density at radius 3 is 2.33 bits per heavy atom. The highest BCUT2D eigenvalue weighted by atomic mass is 16.5. The molecule has 1 N–H and O–H groups in total. The van der Waals surface area contributed by atoms with Gasteiger partial charge in [0.15, 0.2) is 0 Å². The molecule has 2 aliphatic rings. The van der Waals surface area contributed by atoms with Crippen molar-refractivity contribution in [2.45, 2.75) is 45.4 Å². The van der Waals surface area contributed by atoms with Crippen molar-refractivity contribution in [2.75, 3.05) is 45.9 Å². The molecule has 2 rings (SSSR count). The number of carbonyl (C=O) groups excluding carboxylic acids is 1. The average Bonchev–Trinajstić information content (AvgIpc) is 2.45. The smallest absolute Gasteiger partial charge is 0.317 e. The van der Waals surface area contributed by atoms with Gasteiger partial charge < -0.3 is 19.7 Å². The minimum Gasteiger partial charge on any atom is -0.379 e. The summed E-state index contributed by atoms with van der Waals surface area (Å²) in [5.41, 5.74) is -0.0526. The molecular weight excluding hydrogens is 270 g/mol. The maximum Gasteiger partial charge on any atom is 0.317 e. The molecule has 6 heteroatoms. The van der Waals surface area contributed by atoms with Gasteiger partial charge in [0.1, 0.15) is 0 Å². The Bertz CT molecular complexity index is 346. The second-order valence-electron chi connectivity index (χ2n) is 6.73. The lowest BCUT2D eigenvalue weighted by molar-refractivity contribution is -0.0551. The number of rotatable bonds is 3. The Kier molecular flexibility index (Phi) is 5.46. The van der Waals surface area contributed by atoms with Crippen LogP contribution in [0.15, 0.2) is 0 Å². The van der Waals surface area contributed by atoms with Gasteiger partial charge in [-0.3, -0.25) is 4.90 Å². The van der Waals surface area contributed by atoms with E-state index < -0.39 is 0 Å². The van der Waals surface area contributed by atoms with E-state index in [1.807, 2.05) is 18.7 Å². The van der Waals surface area contributed by atoms with Crippen LogP contribution in [-0.4, -0.2) is 79.5 Å². The minimum absolute atomic E-state index is 0.0123. The molecular formula is C15H29N3O3. The molecule has 2 atom stereocenters. The third kappa shape index (κ3) is 4.56. The standard InChI is InChI=1S/C15H29N3O3/c1-12-9-17(10-13(2)21-12)14(19)16-11-15(3,4)18-5-7-20-8-6-18/h12-13H,5-11H2,1-4H3,(H,16,19). The van der Waals surface area contributed by atoms with Crippen LogP contribution in [0.3, 0.4) is 0 Å². The third-order valence-electron chi connectivity index (χ3n) is 4.25. The van der Waals surface area contributed by atoms with Gasteiger partial charge in [-0.25, -0.2) is 4.79 Å². The molecule has 21 heavy (non-hydrogen) atoms. The largest absolute Gasteiger partial charge is 0.379 e. The zero-order valence-electron chi connectivity index (χ0n) is 13.7. The zero-order chi connectivity index (χ0) is 15.5. The van der Waals surface area contributed by atoms with Gasteiger partial charge in [-0.2, -0.15) is 0 Å². The van der Waals surface area contributed by atoms with Crippen LogP contribution >= 0.6 is 0 Å². The van der Waals surface area contributed by atoms with E-state index in [1.54, 1.807) is 0 Å². The predicted molar refractivity (Wildman–Crippen MR) is 81.5 cm³/mol. The van der Waals surface area contributed by atoms with E-state index in [4.69, 9.17) is 9.47 Å². The van der Waals surface area contributed by atoms with E-state index in [-0.39, 0.29) is 23.8 Å². The topological polar surface area (TPSA) is 54.0 Å². The molecule has 0 radical (unpaired) electrons. The summed E-state index contributed by atoms with van der Waals surface area (Å²) in [5.74, 6) is 0. The van der Waals surface area contributed by atoms with Crippen LogP contribution in [0.2, 0.25) is 0 Å². The molecule has 2 aliphatic heterocycles. The molecule has 0 bridgehead atoms. The summed E-state index contributed by atoms with van der Waals surface area (Å²) in [7, 11) is 0. The fourth-order valence-electron chi connectivity index (χ4n) is 3.03. The first kappa shape index (κ1) is 16.5. The molecule has 2 saturated heterocycles. The molecule has 0 aromatic rings. The average molecular weight is 299 g/mol. The predicted octanol–water partition coefficient (Wildman–Crippen LogP) is 0.916. The third-order valence-corrected chi connectivity index (χ3v) is 4.25. The molecule has 2 unspecified atom stereocenters. The first-order valence-electron chi connectivity index (χ1n) is 7.89. The van der Waals surface area contributed by atoms with Crippen LogP contribution in [0.4, 0.5) is 4.79 Å². The van der Waals surface area contributed by atoms with Gasteiger partial charge in [-0.15, -0.1) is 0 Å². The molecule has 0 saturated carbocycles. The summed E-state index contributed by atoms with van der Waals surface area (Å²) in [4.78, 5) is 16.6. The van der Waals surface area contributed by atoms with Crippen LogP contribution in [0, 0.1) is 0 Å². The van der Waals surface area contributed by atoms with Gasteiger partial charge in [0.25, 0.3) is 0 Å². The summed E-state index contributed by atoms with van der Waals surface area (Å²) in [6, 6.07) is 0.0123. The number of amides is 2. The van der Waals surface area contributed by atoms with Crippen molar-refractivity contribution in [2.24, 2.45) is 0 Å². The Morgan fingerprint density at radius 1 is 1.19 bits per heavy atom. The van der Waals surface area contributed by atoms with Crippen molar-refractivity contribution < 1.29 is 14.3 Å². The Balaban J connectivity index is 1.82. The fourth-order valence-corrected chi connectivity index (χ4v) is 3.03. The maximum atomic E-state index is 12.3. The molecule has 2 amide bonds. The first-order chi connectivity index (χ1) is 9.88. The van der Waals surface area contributed by atoms with Gasteiger partial charge in [0, 0.05) is 38.3 Å². The lowest BCUT2D eigenvalue weighted by Crippen LogP contribution is -2.58. The molecule has 0 spiro atoms. The van der Waals surface area contributed by atoms with Gasteiger partial charge >= 0.3 is 6.03 Å². The van der Waals surface area contributed by atoms with E-state index in [0.717, 1.165) is 26.3 Å². The monoisotopic (exact) mass is 299 g/mol. The molecule has 0 aromatic carbocycles. The highest BCUT2D eigenvalue weighted by molar-refractivity contribution is 5.74. The number of morpholine rings is 2. The van der Waals surface area contributed by atoms with Crippen molar-refractivity contribution in [1.82, 2.24) is 15.1 Å². The summed E-state index contributed by atoms with van der Waals surface area (Å²) in [6.07, 6.45) is 0.207. The van der Waals surface area contributed by atoms with Crippen LogP contribution < -0.4 is 5.32 Å². The molecule has 6 nitrogen and oxygen atoms in total. The SMILES string of the molecule is CC1CN(C(=O)NCC(C)(C)N2CCOCC2)CC(C)O1. The number of hydrogen-bond acceptors (Lipinski definition) is 4. The quantitative estimate of drug-likeness (QED) is 0.842. The minimum atomic E-state index is -0.0526. The Hall–Kier alpha value is -0.850. The van der Waals surface area contributed by atoms with E-state index in [0.29, 0.717) is 19.6 Å². The Morgan fingerprint density at radius 2 is 1.76 bits per heavy atom. The summed E-state index contributed by atoms with van der Waals surface area (Å²) >= 11 is 0. The van der Waals surface area contributed by atoms with E-state index in [9.17, 15) is 4.79 Å². The number of nitrogens with zero attached hydrogens (tertiary/aromatic N) is 2. The lowest BCUT2D eigenvalue weighted by Gasteiger charge is -2.41. The maximum absolute atomic E-state index is 12.3. The van der Waals surface area contributed by atoms with Crippen LogP contribution in [-0.2, 0) is 9.47 Å². The highest BCUT2D eigenvalue weighted by Crippen LogP contribution is 2.16. The lowest BCUT2D eigenvalue weighted by atomic mass is 10.0. The highest BCUT2D eigenvalue weighted by Gasteiger charge is 2.30. The normalized spacial score (nSPS) is 28.5. The Labute approximate surface area is 127 Å². The molecule has 122 valence electrons. The van der Waals surface area contributed by atoms with Crippen molar-refractivity contribution in [3.8, 4) is 0 Å². The number of carbonyl (C=O) groups is 1. The van der Waals surface area contributed by atoms with E-state index >= 15 is 0 Å². The van der Waals surface area contributed by atoms with Crippen molar-refractivity contribution in [1.29, 1.82) is 0 Å². The molecule has 2 heterocycles. The van der Waals surface area contributed by atoms with Crippen molar-refractivity contribution in [3.05, 3.63) is 0 Å². The van der Waals surface area contributed by atoms with Crippen LogP contribution in [0.5, 0.6) is 0 Å². The van der Waals surface area contributed by atoms with E-state index in [2.05, 4.69) is 24.1 Å². The summed E-state index contributed by atoms with van der Waals surface area (Å²) in [6.45, 7) is 13.7. The number of hydrogen-bond donors (Lipinski definition) is 1. The van der Waals surface area contributed by atoms with Crippen molar-refractivity contribution in [3.63, 3.8) is 0 Å². The van der Waals surface area contributed by atoms with Crippen LogP contribution in [0.1, 0.15) is 27.7 Å². The van der Waals surface area contributed by atoms with Gasteiger partial charge in [0.05, 0.1) is 25.4 Å². The number of nitrogens with one attached hydrogen (secondary N) is 1. The first-order valence-corrected chi connectivity index (χ1v) is 7.89. The molecule has 2 fully saturated rings. The van der Waals surface area contributed by atoms with Crippen LogP contribution in [0.25, 0.3) is 0 Å². The van der Waals surface area contributed by atoms with Gasteiger partial charge in [0.2, 0.25) is 0 Å². The van der Waals surface area contributed by atoms with E-state index in [1.165, 1.54) is 0 Å². The fraction of sp³-hybridized carbons (Fsp3) is 0.933. The van der Waals surface area contributed by atoms with Crippen molar-refractivity contribution >= 4 is 6.03 Å². The summed E-state index contributed by atoms with van der Waals surface area (Å²) in [5, 5.41) is 3.08. The van der Waals surface area contributed by atoms with Gasteiger partial charge in [-0.1, -0.05) is 0 Å².